The fourth-order valence-corrected chi connectivity index (χ4v) is 5.38. The summed E-state index contributed by atoms with van der Waals surface area (Å²) in [5.74, 6) is 0.231. The maximum Gasteiger partial charge on any atom is 0.328 e. The van der Waals surface area contributed by atoms with Crippen molar-refractivity contribution >= 4 is 23.1 Å². The molecule has 0 unspecified atom stereocenters. The summed E-state index contributed by atoms with van der Waals surface area (Å²) in [5, 5.41) is 3.27. The molecular weight excluding hydrogens is 572 g/mol. The van der Waals surface area contributed by atoms with E-state index < -0.39 is 12.0 Å². The summed E-state index contributed by atoms with van der Waals surface area (Å²) in [6, 6.07) is 42.5. The molecule has 6 nitrogen and oxygen atoms in total. The Morgan fingerprint density at radius 3 is 2.13 bits per heavy atom. The molecule has 0 aliphatic rings. The van der Waals surface area contributed by atoms with Crippen LogP contribution in [0.15, 0.2) is 133 Å². The fraction of sp³-hybridized carbons (Fsp3) is 0.200. The number of methoxy groups -OCH3 is 1. The predicted molar refractivity (Wildman–Crippen MR) is 185 cm³/mol. The zero-order chi connectivity index (χ0) is 32.1. The van der Waals surface area contributed by atoms with Crippen molar-refractivity contribution in [1.82, 2.24) is 0 Å². The molecule has 0 aliphatic carbocycles. The van der Waals surface area contributed by atoms with E-state index in [2.05, 4.69) is 65.7 Å². The Hall–Kier alpha value is -5.36. The van der Waals surface area contributed by atoms with Crippen LogP contribution in [0.2, 0.25) is 0 Å². The molecule has 0 aromatic heterocycles. The number of ketones is 1. The van der Waals surface area contributed by atoms with Crippen molar-refractivity contribution in [3.8, 4) is 5.75 Å². The first-order valence-corrected chi connectivity index (χ1v) is 15.7. The van der Waals surface area contributed by atoms with Gasteiger partial charge in [0, 0.05) is 35.5 Å². The molecule has 0 saturated heterocycles. The smallest absolute Gasteiger partial charge is 0.328 e. The highest BCUT2D eigenvalue weighted by molar-refractivity contribution is 6.12. The molecule has 0 heterocycles. The minimum Gasteiger partial charge on any atom is -0.492 e. The van der Waals surface area contributed by atoms with E-state index in [4.69, 9.17) is 9.47 Å². The number of carbonyl (C=O) groups excluding carboxylic acids is 2. The molecule has 6 heteroatoms. The maximum absolute atomic E-state index is 13.2. The minimum absolute atomic E-state index is 0.116. The number of ether oxygens (including phenoxy) is 2. The molecule has 5 aromatic carbocycles. The molecule has 5 aromatic rings. The second-order valence-electron chi connectivity index (χ2n) is 11.1. The van der Waals surface area contributed by atoms with Gasteiger partial charge in [0.1, 0.15) is 18.4 Å². The molecular formula is C40H40N2O4. The molecule has 0 amide bonds. The van der Waals surface area contributed by atoms with E-state index >= 15 is 0 Å². The van der Waals surface area contributed by atoms with Gasteiger partial charge in [-0.1, -0.05) is 104 Å². The van der Waals surface area contributed by atoms with Crippen molar-refractivity contribution in [2.24, 2.45) is 0 Å². The van der Waals surface area contributed by atoms with Crippen LogP contribution < -0.4 is 15.0 Å². The van der Waals surface area contributed by atoms with Crippen molar-refractivity contribution in [2.45, 2.75) is 32.4 Å². The van der Waals surface area contributed by atoms with Crippen molar-refractivity contribution < 1.29 is 19.1 Å². The van der Waals surface area contributed by atoms with Gasteiger partial charge < -0.3 is 19.7 Å². The fourth-order valence-electron chi connectivity index (χ4n) is 5.38. The maximum atomic E-state index is 13.2. The van der Waals surface area contributed by atoms with Crippen molar-refractivity contribution in [2.75, 3.05) is 30.5 Å². The summed E-state index contributed by atoms with van der Waals surface area (Å²) in [5.41, 5.74) is 6.32. The summed E-state index contributed by atoms with van der Waals surface area (Å²) in [6.45, 7) is 4.20. The SMILES string of the molecule is CCc1cccc(N(CCOc2ccc(C[C@H](Nc3ccccc3C(=O)c3ccccc3)C(=O)OC)cc2)Cc2ccccc2)c1. The normalized spacial score (nSPS) is 11.3. The molecule has 46 heavy (non-hydrogen) atoms. The van der Waals surface area contributed by atoms with E-state index in [1.165, 1.54) is 23.9 Å². The number of aryl methyl sites for hydroxylation is 1. The highest BCUT2D eigenvalue weighted by Gasteiger charge is 2.22. The highest BCUT2D eigenvalue weighted by Crippen LogP contribution is 2.23. The van der Waals surface area contributed by atoms with Gasteiger partial charge in [0.05, 0.1) is 13.7 Å². The average molecular weight is 613 g/mol. The predicted octanol–water partition coefficient (Wildman–Crippen LogP) is 7.76. The number of esters is 1. The van der Waals surface area contributed by atoms with Crippen LogP contribution in [0.3, 0.4) is 0 Å². The first-order valence-electron chi connectivity index (χ1n) is 15.7. The Balaban J connectivity index is 1.23. The molecule has 1 N–H and O–H groups in total. The van der Waals surface area contributed by atoms with Gasteiger partial charge in [-0.15, -0.1) is 0 Å². The van der Waals surface area contributed by atoms with Crippen LogP contribution in [-0.4, -0.2) is 38.1 Å². The molecule has 5 rings (SSSR count). The first-order chi connectivity index (χ1) is 22.5. The average Bonchev–Trinajstić information content (AvgIpc) is 3.12. The number of nitrogens with one attached hydrogen (secondary N) is 1. The number of rotatable bonds is 15. The van der Waals surface area contributed by atoms with Gasteiger partial charge in [0.2, 0.25) is 0 Å². The van der Waals surface area contributed by atoms with Gasteiger partial charge in [-0.05, 0) is 59.5 Å². The second kappa shape index (κ2) is 16.1. The lowest BCUT2D eigenvalue weighted by atomic mass is 10.00. The lowest BCUT2D eigenvalue weighted by Crippen LogP contribution is -2.33. The molecule has 0 radical (unpaired) electrons. The Morgan fingerprint density at radius 2 is 1.41 bits per heavy atom. The number of para-hydroxylation sites is 1. The largest absolute Gasteiger partial charge is 0.492 e. The van der Waals surface area contributed by atoms with Crippen LogP contribution in [-0.2, 0) is 28.9 Å². The third-order valence-corrected chi connectivity index (χ3v) is 7.92. The number of hydrogen-bond donors (Lipinski definition) is 1. The molecule has 0 fully saturated rings. The topological polar surface area (TPSA) is 67.9 Å². The first kappa shape index (κ1) is 32.0. The number of benzene rings is 5. The van der Waals surface area contributed by atoms with Crippen LogP contribution in [0.5, 0.6) is 5.75 Å². The van der Waals surface area contributed by atoms with Crippen molar-refractivity contribution in [1.29, 1.82) is 0 Å². The van der Waals surface area contributed by atoms with E-state index in [0.717, 1.165) is 30.8 Å². The van der Waals surface area contributed by atoms with Gasteiger partial charge in [0.25, 0.3) is 0 Å². The van der Waals surface area contributed by atoms with E-state index in [0.29, 0.717) is 29.8 Å². The summed E-state index contributed by atoms with van der Waals surface area (Å²) < 4.78 is 11.3. The van der Waals surface area contributed by atoms with Gasteiger partial charge in [-0.25, -0.2) is 4.79 Å². The number of nitrogens with zero attached hydrogens (tertiary/aromatic N) is 1. The van der Waals surface area contributed by atoms with Crippen molar-refractivity contribution in [3.63, 3.8) is 0 Å². The van der Waals surface area contributed by atoms with Crippen LogP contribution in [0.1, 0.15) is 39.5 Å². The van der Waals surface area contributed by atoms with Gasteiger partial charge in [0.15, 0.2) is 5.78 Å². The van der Waals surface area contributed by atoms with E-state index in [9.17, 15) is 9.59 Å². The zero-order valence-corrected chi connectivity index (χ0v) is 26.4. The number of hydrogen-bond acceptors (Lipinski definition) is 6. The Morgan fingerprint density at radius 1 is 0.739 bits per heavy atom. The summed E-state index contributed by atoms with van der Waals surface area (Å²) in [6.07, 6.45) is 1.36. The molecule has 234 valence electrons. The summed E-state index contributed by atoms with van der Waals surface area (Å²) >= 11 is 0. The molecule has 1 atom stereocenters. The summed E-state index contributed by atoms with van der Waals surface area (Å²) in [4.78, 5) is 28.4. The second-order valence-corrected chi connectivity index (χ2v) is 11.1. The van der Waals surface area contributed by atoms with Crippen molar-refractivity contribution in [3.05, 3.63) is 161 Å². The van der Waals surface area contributed by atoms with E-state index in [1.807, 2.05) is 66.7 Å². The van der Waals surface area contributed by atoms with Crippen LogP contribution in [0, 0.1) is 0 Å². The lowest BCUT2D eigenvalue weighted by molar-refractivity contribution is -0.141. The molecule has 0 aliphatic heterocycles. The van der Waals surface area contributed by atoms with E-state index in [1.54, 1.807) is 18.2 Å². The zero-order valence-electron chi connectivity index (χ0n) is 26.4. The lowest BCUT2D eigenvalue weighted by Gasteiger charge is -2.26. The van der Waals surface area contributed by atoms with Crippen LogP contribution in [0.4, 0.5) is 11.4 Å². The Bertz CT molecular complexity index is 1710. The highest BCUT2D eigenvalue weighted by atomic mass is 16.5. The molecule has 0 spiro atoms. The van der Waals surface area contributed by atoms with Gasteiger partial charge in [-0.2, -0.15) is 0 Å². The molecule has 0 bridgehead atoms. The minimum atomic E-state index is -0.688. The van der Waals surface area contributed by atoms with E-state index in [-0.39, 0.29) is 5.78 Å². The third-order valence-electron chi connectivity index (χ3n) is 7.92. The standard InChI is InChI=1S/C40H40N2O4/c1-3-30-15-12-18-34(27-30)42(29-32-13-6-4-7-14-32)25-26-46-35-23-21-31(22-24-35)28-38(40(44)45-2)41-37-20-11-10-19-36(37)39(43)33-16-8-5-9-17-33/h4-24,27,38,41H,3,25-26,28-29H2,1-2H3/t38-/m0/s1. The van der Waals surface area contributed by atoms with Crippen LogP contribution in [0.25, 0.3) is 0 Å². The Kier molecular flexibility index (Phi) is 11.2. The van der Waals surface area contributed by atoms with Gasteiger partial charge in [-0.3, -0.25) is 4.79 Å². The quantitative estimate of drug-likeness (QED) is 0.0963. The van der Waals surface area contributed by atoms with Crippen LogP contribution >= 0.6 is 0 Å². The molecule has 0 saturated carbocycles. The number of anilines is 2. The number of carbonyl (C=O) groups is 2. The Labute approximate surface area is 271 Å². The third kappa shape index (κ3) is 8.63. The summed E-state index contributed by atoms with van der Waals surface area (Å²) in [7, 11) is 1.37. The monoisotopic (exact) mass is 612 g/mol. The van der Waals surface area contributed by atoms with Gasteiger partial charge >= 0.3 is 5.97 Å².